The monoisotopic (exact) mass is 1110 g/mol. The Hall–Kier alpha value is -6.85. The molecule has 2 aliphatic heterocycles. The van der Waals surface area contributed by atoms with E-state index >= 15 is 0 Å². The Balaban J connectivity index is 0.819. The summed E-state index contributed by atoms with van der Waals surface area (Å²) in [6.07, 6.45) is 10.4. The lowest BCUT2D eigenvalue weighted by atomic mass is 9.74. The number of β-amino-alcohol motifs (C(OH)–C–C–N with tert-alkyl or cyclic N) is 1. The fourth-order valence-corrected chi connectivity index (χ4v) is 12.1. The van der Waals surface area contributed by atoms with E-state index in [-0.39, 0.29) is 68.2 Å². The number of thiazole rings is 2. The topological polar surface area (TPSA) is 254 Å². The lowest BCUT2D eigenvalue weighted by molar-refractivity contribution is -0.144. The molecule has 0 bridgehead atoms. The minimum absolute atomic E-state index is 0.0273. The van der Waals surface area contributed by atoms with Crippen molar-refractivity contribution in [2.75, 3.05) is 50.8 Å². The number of hydrogen-bond acceptors (Lipinski definition) is 14. The Morgan fingerprint density at radius 3 is 2.32 bits per heavy atom. The number of carbonyl (C=O) groups is 6. The minimum Gasteiger partial charge on any atom is -0.391 e. The van der Waals surface area contributed by atoms with Crippen molar-refractivity contribution >= 4 is 78.8 Å². The number of aliphatic hydroxyl groups excluding tert-OH is 1. The molecule has 77 heavy (non-hydrogen) atoms. The highest BCUT2D eigenvalue weighted by Gasteiger charge is 2.45. The summed E-state index contributed by atoms with van der Waals surface area (Å²) in [5.41, 5.74) is 5.99. The highest BCUT2D eigenvalue weighted by atomic mass is 32.2. The molecule has 2 fully saturated rings. The molecule has 2 saturated heterocycles. The number of allylic oxidation sites excluding steroid dienone is 3. The van der Waals surface area contributed by atoms with Crippen molar-refractivity contribution in [3.05, 3.63) is 130 Å². The van der Waals surface area contributed by atoms with Crippen LogP contribution in [0.4, 0.5) is 5.13 Å². The zero-order valence-electron chi connectivity index (χ0n) is 43.8. The van der Waals surface area contributed by atoms with Crippen LogP contribution in [0.25, 0.3) is 16.0 Å². The van der Waals surface area contributed by atoms with Crippen LogP contribution in [-0.2, 0) is 46.0 Å². The Kier molecular flexibility index (Phi) is 17.7. The van der Waals surface area contributed by atoms with Gasteiger partial charge in [-0.15, -0.1) is 22.7 Å². The summed E-state index contributed by atoms with van der Waals surface area (Å²) in [5.74, 6) is -2.65. The van der Waals surface area contributed by atoms with E-state index in [9.17, 15) is 42.3 Å². The molecule has 6 amide bonds. The first-order valence-corrected chi connectivity index (χ1v) is 29.2. The maximum atomic E-state index is 14.2. The van der Waals surface area contributed by atoms with E-state index in [1.54, 1.807) is 16.8 Å². The normalized spacial score (nSPS) is 19.5. The molecule has 408 valence electrons. The van der Waals surface area contributed by atoms with Gasteiger partial charge in [-0.25, -0.2) is 18.4 Å². The van der Waals surface area contributed by atoms with Crippen molar-refractivity contribution in [2.45, 2.75) is 89.9 Å². The molecule has 8 rings (SSSR count). The van der Waals surface area contributed by atoms with Crippen LogP contribution in [0.1, 0.15) is 85.7 Å². The van der Waals surface area contributed by atoms with E-state index in [1.807, 2.05) is 106 Å². The predicted octanol–water partition coefficient (Wildman–Crippen LogP) is 4.86. The highest BCUT2D eigenvalue weighted by molar-refractivity contribution is 7.89. The second-order valence-electron chi connectivity index (χ2n) is 21.0. The van der Waals surface area contributed by atoms with Crippen LogP contribution < -0.4 is 26.6 Å². The van der Waals surface area contributed by atoms with Gasteiger partial charge >= 0.3 is 0 Å². The molecule has 3 aromatic heterocycles. The molecule has 1 aliphatic carbocycles. The lowest BCUT2D eigenvalue weighted by Crippen LogP contribution is -2.58. The number of benzene rings is 2. The number of carbonyl (C=O) groups excluding carboxylic acids is 6. The van der Waals surface area contributed by atoms with Crippen LogP contribution in [0.3, 0.4) is 0 Å². The van der Waals surface area contributed by atoms with Gasteiger partial charge in [-0.05, 0) is 73.0 Å². The van der Waals surface area contributed by atoms with Crippen molar-refractivity contribution in [3.63, 3.8) is 0 Å². The largest absolute Gasteiger partial charge is 0.391 e. The third-order valence-electron chi connectivity index (χ3n) is 14.2. The van der Waals surface area contributed by atoms with Crippen molar-refractivity contribution in [1.82, 2.24) is 45.0 Å². The number of hydrogen-bond donors (Lipinski definition) is 6. The van der Waals surface area contributed by atoms with Crippen LogP contribution in [0.15, 0.2) is 102 Å². The SMILES string of the molecule is Cc1ncsc1-c1ccc(CNC(=O)[C@@H]2C[C@@H](O)CN2C(=O)[C@@H](NC(=O)CCN2CCC(C(=O)NCC3(c4csc(NC(=O)CNC(=O)c5ccn(S(C)(=O)=O)c5)n4)C=CC=C(c4ccccc4)C3)CC2)C(C)(C)C)cc1. The summed E-state index contributed by atoms with van der Waals surface area (Å²) in [6, 6.07) is 17.3. The first-order valence-electron chi connectivity index (χ1n) is 25.6. The predicted molar refractivity (Wildman–Crippen MR) is 296 cm³/mol. The van der Waals surface area contributed by atoms with Gasteiger partial charge in [0.15, 0.2) is 5.13 Å². The van der Waals surface area contributed by atoms with E-state index in [2.05, 4.69) is 36.5 Å². The minimum atomic E-state index is -3.58. The van der Waals surface area contributed by atoms with Crippen molar-refractivity contribution < 1.29 is 42.3 Å². The first kappa shape index (κ1) is 56.4. The number of aliphatic hydroxyl groups is 1. The molecule has 0 saturated carbocycles. The van der Waals surface area contributed by atoms with Crippen LogP contribution >= 0.6 is 22.7 Å². The molecule has 19 nitrogen and oxygen atoms in total. The standard InChI is InChI=1S/C55H66N10O9S3/c1-35-47(76-34-59-35)38-15-13-36(14-16-38)28-56-51(71)43-26-42(66)31-65(43)52(72)48(54(2,3)4)61-45(67)20-24-63-22-17-39(18-23-63)49(69)58-33-55(21-9-12-40(27-55)37-10-7-6-8-11-37)44-32-75-53(60-44)62-46(68)29-57-50(70)41-19-25-64(30-41)77(5,73)74/h6-16,19,21,25,30,32,34,39,42-43,48,66H,17-18,20,22-24,26-29,31,33H2,1-5H3,(H,56,71)(H,57,70)(H,58,69)(H,61,67)(H,60,62,68)/t42-,43+,48-,55?/m1/s1. The number of piperidine rings is 1. The average molecular weight is 1110 g/mol. The Labute approximate surface area is 456 Å². The van der Waals surface area contributed by atoms with Gasteiger partial charge in [-0.3, -0.25) is 32.7 Å². The van der Waals surface area contributed by atoms with E-state index in [4.69, 9.17) is 4.98 Å². The van der Waals surface area contributed by atoms with Gasteiger partial charge < -0.3 is 41.5 Å². The Morgan fingerprint density at radius 1 is 0.909 bits per heavy atom. The third-order valence-corrected chi connectivity index (χ3v) is 17.0. The average Bonchev–Trinajstić information content (AvgIpc) is 4.27. The van der Waals surface area contributed by atoms with Gasteiger partial charge in [-0.1, -0.05) is 93.6 Å². The molecule has 22 heteroatoms. The molecule has 4 atom stereocenters. The number of nitrogens with zero attached hydrogens (tertiary/aromatic N) is 5. The number of nitrogens with one attached hydrogen (secondary N) is 5. The van der Waals surface area contributed by atoms with Crippen LogP contribution in [0.5, 0.6) is 0 Å². The summed E-state index contributed by atoms with van der Waals surface area (Å²) in [6.45, 7) is 9.16. The zero-order chi connectivity index (χ0) is 55.1. The molecule has 3 aliphatic rings. The fraction of sp³-hybridized carbons (Fsp3) is 0.418. The van der Waals surface area contributed by atoms with Gasteiger partial charge in [0.2, 0.25) is 39.6 Å². The van der Waals surface area contributed by atoms with Crippen molar-refractivity contribution in [2.24, 2.45) is 11.3 Å². The summed E-state index contributed by atoms with van der Waals surface area (Å²) in [5, 5.41) is 27.2. The second kappa shape index (κ2) is 24.2. The summed E-state index contributed by atoms with van der Waals surface area (Å²) >= 11 is 2.78. The molecular weight excluding hydrogens is 1040 g/mol. The number of likely N-dealkylation sites (tertiary alicyclic amines) is 2. The summed E-state index contributed by atoms with van der Waals surface area (Å²) < 4.78 is 24.6. The quantitative estimate of drug-likeness (QED) is 0.0649. The molecule has 5 aromatic rings. The van der Waals surface area contributed by atoms with Gasteiger partial charge in [-0.2, -0.15) is 0 Å². The molecule has 0 radical (unpaired) electrons. The third kappa shape index (κ3) is 14.2. The maximum Gasteiger partial charge on any atom is 0.253 e. The van der Waals surface area contributed by atoms with E-state index in [1.165, 1.54) is 34.7 Å². The lowest BCUT2D eigenvalue weighted by Gasteiger charge is -2.36. The number of aromatic nitrogens is 3. The number of rotatable bonds is 19. The van der Waals surface area contributed by atoms with E-state index in [0.29, 0.717) is 49.7 Å². The molecule has 2 aromatic carbocycles. The zero-order valence-corrected chi connectivity index (χ0v) is 46.2. The molecule has 6 N–H and O–H groups in total. The number of anilines is 1. The van der Waals surface area contributed by atoms with E-state index in [0.717, 1.165) is 43.1 Å². The van der Waals surface area contributed by atoms with Gasteiger partial charge in [0.1, 0.15) is 12.1 Å². The van der Waals surface area contributed by atoms with Gasteiger partial charge in [0.05, 0.1) is 51.7 Å². The molecule has 5 heterocycles. The van der Waals surface area contributed by atoms with Crippen LogP contribution in [-0.4, -0.2) is 136 Å². The summed E-state index contributed by atoms with van der Waals surface area (Å²) in [4.78, 5) is 94.8. The van der Waals surface area contributed by atoms with E-state index < -0.39 is 56.8 Å². The first-order chi connectivity index (χ1) is 36.7. The maximum absolute atomic E-state index is 14.2. The molecule has 1 unspecified atom stereocenters. The van der Waals surface area contributed by atoms with Gasteiger partial charge in [0.25, 0.3) is 5.91 Å². The number of aryl methyl sites for hydroxylation is 1. The van der Waals surface area contributed by atoms with Crippen LogP contribution in [0, 0.1) is 18.3 Å². The second-order valence-corrected chi connectivity index (χ2v) is 24.6. The fourth-order valence-electron chi connectivity index (χ4n) is 9.83. The number of amides is 6. The van der Waals surface area contributed by atoms with Crippen LogP contribution in [0.2, 0.25) is 0 Å². The van der Waals surface area contributed by atoms with Gasteiger partial charge in [0, 0.05) is 62.7 Å². The van der Waals surface area contributed by atoms with Crippen molar-refractivity contribution in [3.8, 4) is 10.4 Å². The smallest absolute Gasteiger partial charge is 0.253 e. The summed E-state index contributed by atoms with van der Waals surface area (Å²) in [7, 11) is -3.58. The Morgan fingerprint density at radius 2 is 1.65 bits per heavy atom. The molecular formula is C55H66N10O9S3. The molecule has 0 spiro atoms. The Bertz CT molecular complexity index is 3140. The van der Waals surface area contributed by atoms with Crippen molar-refractivity contribution in [1.29, 1.82) is 0 Å². The highest BCUT2D eigenvalue weighted by Crippen LogP contribution is 2.40.